The Morgan fingerprint density at radius 3 is 2.67 bits per heavy atom. The molecule has 0 bridgehead atoms. The van der Waals surface area contributed by atoms with Gasteiger partial charge in [0.1, 0.15) is 5.69 Å². The number of carbonyl (C=O) groups excluding carboxylic acids is 1. The average molecular weight is 167 g/mol. The molecular formula is C7H9N3O2. The number of nitrogens with one attached hydrogen (secondary N) is 1. The van der Waals surface area contributed by atoms with Crippen LogP contribution in [0.3, 0.4) is 0 Å². The number of nitrogens with zero attached hydrogens (tertiary/aromatic N) is 2. The molecule has 0 aliphatic carbocycles. The Bertz CT molecular complexity index is 270. The second-order valence-electron chi connectivity index (χ2n) is 2.02. The monoisotopic (exact) mass is 167 g/mol. The van der Waals surface area contributed by atoms with Gasteiger partial charge in [-0.05, 0) is 0 Å². The molecule has 1 heterocycles. The molecule has 0 atom stereocenters. The van der Waals surface area contributed by atoms with Crippen LogP contribution in [0.25, 0.3) is 0 Å². The number of amides is 1. The maximum absolute atomic E-state index is 11.0. The zero-order chi connectivity index (χ0) is 8.97. The third-order valence-corrected chi connectivity index (χ3v) is 1.30. The van der Waals surface area contributed by atoms with E-state index < -0.39 is 0 Å². The van der Waals surface area contributed by atoms with Crippen molar-refractivity contribution in [1.82, 2.24) is 15.3 Å². The van der Waals surface area contributed by atoms with E-state index in [4.69, 9.17) is 4.74 Å². The molecule has 12 heavy (non-hydrogen) atoms. The predicted molar refractivity (Wildman–Crippen MR) is 42.0 cm³/mol. The highest BCUT2D eigenvalue weighted by Gasteiger charge is 2.04. The van der Waals surface area contributed by atoms with Crippen molar-refractivity contribution < 1.29 is 9.53 Å². The first-order valence-electron chi connectivity index (χ1n) is 3.36. The molecule has 1 aromatic rings. The third-order valence-electron chi connectivity index (χ3n) is 1.30. The van der Waals surface area contributed by atoms with Crippen LogP contribution in [0.5, 0.6) is 5.88 Å². The smallest absolute Gasteiger partial charge is 0.271 e. The molecule has 5 heteroatoms. The largest absolute Gasteiger partial charge is 0.480 e. The molecule has 0 aliphatic heterocycles. The standard InChI is InChI=1S/C7H9N3O2/c1-8-7(11)5-3-10-6(12-2)4-9-5/h3-4H,1-2H3,(H,8,11). The van der Waals surface area contributed by atoms with Crippen LogP contribution in [0.2, 0.25) is 0 Å². The van der Waals surface area contributed by atoms with E-state index in [1.807, 2.05) is 0 Å². The molecule has 0 aliphatic rings. The van der Waals surface area contributed by atoms with Gasteiger partial charge in [0.15, 0.2) is 0 Å². The van der Waals surface area contributed by atoms with Crippen molar-refractivity contribution in [2.45, 2.75) is 0 Å². The first-order valence-corrected chi connectivity index (χ1v) is 3.36. The lowest BCUT2D eigenvalue weighted by Crippen LogP contribution is -2.19. The summed E-state index contributed by atoms with van der Waals surface area (Å²) in [5.74, 6) is 0.132. The van der Waals surface area contributed by atoms with Gasteiger partial charge < -0.3 is 10.1 Å². The molecule has 0 saturated carbocycles. The van der Waals surface area contributed by atoms with Crippen LogP contribution < -0.4 is 10.1 Å². The van der Waals surface area contributed by atoms with Crippen LogP contribution in [0.4, 0.5) is 0 Å². The third kappa shape index (κ3) is 1.69. The van der Waals surface area contributed by atoms with Crippen molar-refractivity contribution >= 4 is 5.91 Å². The van der Waals surface area contributed by atoms with Crippen LogP contribution in [0, 0.1) is 0 Å². The lowest BCUT2D eigenvalue weighted by atomic mass is 10.4. The van der Waals surface area contributed by atoms with Crippen LogP contribution in [0.15, 0.2) is 12.4 Å². The van der Waals surface area contributed by atoms with E-state index in [0.29, 0.717) is 5.88 Å². The Labute approximate surface area is 69.8 Å². The summed E-state index contributed by atoms with van der Waals surface area (Å²) in [6.45, 7) is 0. The maximum atomic E-state index is 11.0. The van der Waals surface area contributed by atoms with Gasteiger partial charge in [-0.1, -0.05) is 0 Å². The molecule has 1 amide bonds. The van der Waals surface area contributed by atoms with Crippen molar-refractivity contribution in [3.05, 3.63) is 18.1 Å². The van der Waals surface area contributed by atoms with Crippen LogP contribution in [-0.4, -0.2) is 30.0 Å². The number of rotatable bonds is 2. The fraction of sp³-hybridized carbons (Fsp3) is 0.286. The second kappa shape index (κ2) is 3.66. The minimum absolute atomic E-state index is 0.259. The van der Waals surface area contributed by atoms with E-state index in [1.54, 1.807) is 0 Å². The van der Waals surface area contributed by atoms with E-state index >= 15 is 0 Å². The van der Waals surface area contributed by atoms with E-state index in [9.17, 15) is 4.79 Å². The van der Waals surface area contributed by atoms with Gasteiger partial charge in [-0.2, -0.15) is 0 Å². The topological polar surface area (TPSA) is 64.1 Å². The fourth-order valence-electron chi connectivity index (χ4n) is 0.667. The van der Waals surface area contributed by atoms with E-state index in [2.05, 4.69) is 15.3 Å². The van der Waals surface area contributed by atoms with Gasteiger partial charge in [0.2, 0.25) is 5.88 Å². The highest BCUT2D eigenvalue weighted by molar-refractivity contribution is 5.91. The van der Waals surface area contributed by atoms with Gasteiger partial charge in [0.25, 0.3) is 5.91 Å². The van der Waals surface area contributed by atoms with Gasteiger partial charge in [-0.3, -0.25) is 4.79 Å². The van der Waals surface area contributed by atoms with E-state index in [1.165, 1.54) is 26.6 Å². The quantitative estimate of drug-likeness (QED) is 0.665. The molecule has 0 spiro atoms. The molecule has 0 unspecified atom stereocenters. The van der Waals surface area contributed by atoms with Crippen molar-refractivity contribution in [2.24, 2.45) is 0 Å². The highest BCUT2D eigenvalue weighted by atomic mass is 16.5. The number of ether oxygens (including phenoxy) is 1. The van der Waals surface area contributed by atoms with Gasteiger partial charge >= 0.3 is 0 Å². The number of carbonyl (C=O) groups is 1. The molecule has 1 N–H and O–H groups in total. The molecule has 1 rings (SSSR count). The van der Waals surface area contributed by atoms with Crippen molar-refractivity contribution in [3.8, 4) is 5.88 Å². The Hall–Kier alpha value is -1.65. The van der Waals surface area contributed by atoms with Crippen molar-refractivity contribution in [1.29, 1.82) is 0 Å². The van der Waals surface area contributed by atoms with Gasteiger partial charge in [-0.25, -0.2) is 9.97 Å². The fourth-order valence-corrected chi connectivity index (χ4v) is 0.667. The summed E-state index contributed by atoms with van der Waals surface area (Å²) in [5.41, 5.74) is 0.276. The number of methoxy groups -OCH3 is 1. The molecule has 1 aromatic heterocycles. The maximum Gasteiger partial charge on any atom is 0.271 e. The molecule has 0 fully saturated rings. The lowest BCUT2D eigenvalue weighted by Gasteiger charge is -1.99. The summed E-state index contributed by atoms with van der Waals surface area (Å²) in [7, 11) is 3.03. The minimum atomic E-state index is -0.259. The molecule has 0 aromatic carbocycles. The molecule has 0 saturated heterocycles. The van der Waals surface area contributed by atoms with E-state index in [-0.39, 0.29) is 11.6 Å². The summed E-state index contributed by atoms with van der Waals surface area (Å²) in [5, 5.41) is 2.44. The summed E-state index contributed by atoms with van der Waals surface area (Å²) >= 11 is 0. The number of aromatic nitrogens is 2. The minimum Gasteiger partial charge on any atom is -0.480 e. The SMILES string of the molecule is CNC(=O)c1cnc(OC)cn1. The zero-order valence-corrected chi connectivity index (χ0v) is 6.87. The summed E-state index contributed by atoms with van der Waals surface area (Å²) < 4.78 is 4.78. The van der Waals surface area contributed by atoms with E-state index in [0.717, 1.165) is 0 Å². The number of hydrogen-bond donors (Lipinski definition) is 1. The Kier molecular flexibility index (Phi) is 2.57. The molecular weight excluding hydrogens is 158 g/mol. The summed E-state index contributed by atoms with van der Waals surface area (Å²) in [6.07, 6.45) is 2.75. The lowest BCUT2D eigenvalue weighted by molar-refractivity contribution is 0.0957. The first kappa shape index (κ1) is 8.45. The van der Waals surface area contributed by atoms with Gasteiger partial charge in [-0.15, -0.1) is 0 Å². The van der Waals surface area contributed by atoms with Crippen LogP contribution >= 0.6 is 0 Å². The Morgan fingerprint density at radius 2 is 2.25 bits per heavy atom. The normalized spacial score (nSPS) is 9.17. The van der Waals surface area contributed by atoms with Crippen LogP contribution in [0.1, 0.15) is 10.5 Å². The number of hydrogen-bond acceptors (Lipinski definition) is 4. The first-order chi connectivity index (χ1) is 5.77. The Balaban J connectivity index is 2.84. The van der Waals surface area contributed by atoms with Gasteiger partial charge in [0.05, 0.1) is 19.5 Å². The van der Waals surface area contributed by atoms with Crippen molar-refractivity contribution in [3.63, 3.8) is 0 Å². The highest BCUT2D eigenvalue weighted by Crippen LogP contribution is 2.01. The average Bonchev–Trinajstić information content (AvgIpc) is 2.17. The van der Waals surface area contributed by atoms with Crippen LogP contribution in [-0.2, 0) is 0 Å². The van der Waals surface area contributed by atoms with Crippen molar-refractivity contribution in [2.75, 3.05) is 14.2 Å². The zero-order valence-electron chi connectivity index (χ0n) is 6.87. The summed E-state index contributed by atoms with van der Waals surface area (Å²) in [4.78, 5) is 18.6. The molecule has 0 radical (unpaired) electrons. The Morgan fingerprint density at radius 1 is 1.50 bits per heavy atom. The van der Waals surface area contributed by atoms with Gasteiger partial charge in [0, 0.05) is 7.05 Å². The molecule has 64 valence electrons. The predicted octanol–water partition coefficient (Wildman–Crippen LogP) is -0.155. The summed E-state index contributed by atoms with van der Waals surface area (Å²) in [6, 6.07) is 0. The second-order valence-corrected chi connectivity index (χ2v) is 2.02. The molecule has 5 nitrogen and oxygen atoms in total.